The average molecular weight is 484 g/mol. The molecule has 8 heteroatoms. The Hall–Kier alpha value is -1.67. The first kappa shape index (κ1) is 23.6. The van der Waals surface area contributed by atoms with Gasteiger partial charge in [0.2, 0.25) is 5.91 Å². The summed E-state index contributed by atoms with van der Waals surface area (Å²) in [6.07, 6.45) is 9.49. The van der Waals surface area contributed by atoms with Crippen molar-refractivity contribution in [3.05, 3.63) is 28.2 Å². The molecule has 1 aromatic rings. The van der Waals surface area contributed by atoms with E-state index in [2.05, 4.69) is 39.0 Å². The second-order valence-corrected chi connectivity index (χ2v) is 8.61. The number of thiocarbonyl (C=S) groups is 1. The smallest absolute Gasteiger partial charge is 0.261 e. The maximum absolute atomic E-state index is 12.7. The summed E-state index contributed by atoms with van der Waals surface area (Å²) >= 11 is 8.54. The van der Waals surface area contributed by atoms with Crippen LogP contribution >= 0.6 is 28.1 Å². The van der Waals surface area contributed by atoms with Gasteiger partial charge in [0, 0.05) is 10.4 Å². The monoisotopic (exact) mass is 483 g/mol. The van der Waals surface area contributed by atoms with E-state index in [-0.39, 0.29) is 22.8 Å². The number of carbonyl (C=O) groups excluding carboxylic acids is 2. The number of nitrogens with one attached hydrogen (secondary N) is 3. The van der Waals surface area contributed by atoms with Crippen molar-refractivity contribution in [3.8, 4) is 5.75 Å². The van der Waals surface area contributed by atoms with Crippen LogP contribution in [-0.4, -0.2) is 23.5 Å². The van der Waals surface area contributed by atoms with Gasteiger partial charge in [-0.25, -0.2) is 0 Å². The second kappa shape index (κ2) is 12.8. The number of hydrogen-bond donors (Lipinski definition) is 3. The molecule has 0 unspecified atom stereocenters. The summed E-state index contributed by atoms with van der Waals surface area (Å²) < 4.78 is 6.57. The van der Waals surface area contributed by atoms with E-state index < -0.39 is 0 Å². The number of rotatable bonds is 8. The molecule has 1 saturated carbocycles. The summed E-state index contributed by atoms with van der Waals surface area (Å²) in [5.74, 6) is 0.0444. The van der Waals surface area contributed by atoms with Crippen molar-refractivity contribution >= 4 is 45.1 Å². The van der Waals surface area contributed by atoms with Gasteiger partial charge in [0.1, 0.15) is 5.75 Å². The molecule has 0 aliphatic heterocycles. The summed E-state index contributed by atoms with van der Waals surface area (Å²) in [7, 11) is 0. The number of carbonyl (C=O) groups is 2. The third-order valence-corrected chi connectivity index (χ3v) is 5.64. The quantitative estimate of drug-likeness (QED) is 0.285. The molecule has 0 saturated heterocycles. The van der Waals surface area contributed by atoms with Crippen LogP contribution in [0.4, 0.5) is 0 Å². The summed E-state index contributed by atoms with van der Waals surface area (Å²) in [6, 6.07) is 5.29. The highest BCUT2D eigenvalue weighted by Crippen LogP contribution is 2.24. The van der Waals surface area contributed by atoms with Crippen LogP contribution in [0.1, 0.15) is 75.1 Å². The van der Waals surface area contributed by atoms with E-state index in [4.69, 9.17) is 17.0 Å². The highest BCUT2D eigenvalue weighted by atomic mass is 79.9. The predicted octanol–water partition coefficient (Wildman–Crippen LogP) is 4.62. The highest BCUT2D eigenvalue weighted by molar-refractivity contribution is 9.10. The Morgan fingerprint density at radius 1 is 1.14 bits per heavy atom. The average Bonchev–Trinajstić information content (AvgIpc) is 2.73. The van der Waals surface area contributed by atoms with Gasteiger partial charge in [-0.2, -0.15) is 0 Å². The highest BCUT2D eigenvalue weighted by Gasteiger charge is 2.21. The molecule has 29 heavy (non-hydrogen) atoms. The second-order valence-electron chi connectivity index (χ2n) is 7.28. The molecule has 0 spiro atoms. The molecule has 0 atom stereocenters. The first-order chi connectivity index (χ1) is 14.0. The van der Waals surface area contributed by atoms with Gasteiger partial charge in [-0.1, -0.05) is 61.4 Å². The van der Waals surface area contributed by atoms with Crippen molar-refractivity contribution in [2.75, 3.05) is 6.61 Å². The Morgan fingerprint density at radius 2 is 1.90 bits per heavy atom. The molecule has 0 bridgehead atoms. The van der Waals surface area contributed by atoms with Crippen LogP contribution in [0, 0.1) is 5.92 Å². The predicted molar refractivity (Wildman–Crippen MR) is 122 cm³/mol. The van der Waals surface area contributed by atoms with E-state index >= 15 is 0 Å². The van der Waals surface area contributed by atoms with Crippen molar-refractivity contribution in [3.63, 3.8) is 0 Å². The van der Waals surface area contributed by atoms with Crippen LogP contribution in [0.3, 0.4) is 0 Å². The van der Waals surface area contributed by atoms with Crippen LogP contribution in [0.15, 0.2) is 22.7 Å². The Kier molecular flexibility index (Phi) is 10.4. The molecule has 6 nitrogen and oxygen atoms in total. The summed E-state index contributed by atoms with van der Waals surface area (Å²) in [4.78, 5) is 24.8. The lowest BCUT2D eigenvalue weighted by molar-refractivity contribution is -0.126. The van der Waals surface area contributed by atoms with Crippen molar-refractivity contribution in [2.24, 2.45) is 5.92 Å². The van der Waals surface area contributed by atoms with E-state index in [9.17, 15) is 9.59 Å². The van der Waals surface area contributed by atoms with Crippen LogP contribution in [-0.2, 0) is 4.79 Å². The van der Waals surface area contributed by atoms with Gasteiger partial charge in [-0.05, 0) is 49.7 Å². The van der Waals surface area contributed by atoms with Crippen molar-refractivity contribution < 1.29 is 14.3 Å². The Morgan fingerprint density at radius 3 is 2.62 bits per heavy atom. The van der Waals surface area contributed by atoms with E-state index in [0.717, 1.165) is 49.4 Å². The van der Waals surface area contributed by atoms with Gasteiger partial charge >= 0.3 is 0 Å². The molecule has 3 N–H and O–H groups in total. The topological polar surface area (TPSA) is 79.5 Å². The fraction of sp³-hybridized carbons (Fsp3) is 0.571. The molecular formula is C21H30BrN3O3S. The summed E-state index contributed by atoms with van der Waals surface area (Å²) in [6.45, 7) is 2.72. The molecular weight excluding hydrogens is 454 g/mol. The fourth-order valence-corrected chi connectivity index (χ4v) is 3.81. The number of benzene rings is 1. The van der Waals surface area contributed by atoms with E-state index in [1.54, 1.807) is 12.1 Å². The third-order valence-electron chi connectivity index (χ3n) is 4.94. The Bertz CT molecular complexity index is 708. The number of hydrogen-bond acceptors (Lipinski definition) is 4. The van der Waals surface area contributed by atoms with Crippen LogP contribution in [0.25, 0.3) is 0 Å². The molecule has 1 aliphatic carbocycles. The number of amides is 2. The van der Waals surface area contributed by atoms with Crippen LogP contribution < -0.4 is 20.9 Å². The molecule has 0 aromatic heterocycles. The van der Waals surface area contributed by atoms with Gasteiger partial charge in [0.05, 0.1) is 12.2 Å². The molecule has 2 rings (SSSR count). The lowest BCUT2D eigenvalue weighted by Gasteiger charge is -2.21. The minimum atomic E-state index is -0.390. The summed E-state index contributed by atoms with van der Waals surface area (Å²) in [5.41, 5.74) is 5.62. The van der Waals surface area contributed by atoms with Crippen molar-refractivity contribution in [2.45, 2.75) is 64.7 Å². The largest absolute Gasteiger partial charge is 0.493 e. The van der Waals surface area contributed by atoms with E-state index in [1.165, 1.54) is 12.8 Å². The zero-order valence-corrected chi connectivity index (χ0v) is 19.3. The number of unbranched alkanes of at least 4 members (excludes halogenated alkanes) is 3. The lowest BCUT2D eigenvalue weighted by atomic mass is 9.89. The number of ether oxygens (including phenoxy) is 1. The van der Waals surface area contributed by atoms with E-state index in [1.807, 2.05) is 6.07 Å². The van der Waals surface area contributed by atoms with Gasteiger partial charge in [0.25, 0.3) is 5.91 Å². The number of halogens is 1. The van der Waals surface area contributed by atoms with Gasteiger partial charge in [0.15, 0.2) is 5.11 Å². The fourth-order valence-electron chi connectivity index (χ4n) is 3.30. The molecule has 1 aromatic carbocycles. The van der Waals surface area contributed by atoms with Gasteiger partial charge in [-0.15, -0.1) is 0 Å². The molecule has 0 radical (unpaired) electrons. The normalized spacial score (nSPS) is 14.1. The maximum atomic E-state index is 12.7. The summed E-state index contributed by atoms with van der Waals surface area (Å²) in [5, 5.41) is 2.65. The SMILES string of the molecule is CCCCCCOc1ccc(Br)cc1C(=O)NC(=S)NNC(=O)C1CCCCC1. The first-order valence-electron chi connectivity index (χ1n) is 10.3. The molecule has 1 fully saturated rings. The van der Waals surface area contributed by atoms with Crippen LogP contribution in [0.2, 0.25) is 0 Å². The Balaban J connectivity index is 1.85. The molecule has 0 heterocycles. The maximum Gasteiger partial charge on any atom is 0.261 e. The number of hydrazine groups is 1. The minimum Gasteiger partial charge on any atom is -0.493 e. The first-order valence-corrected chi connectivity index (χ1v) is 11.5. The van der Waals surface area contributed by atoms with Crippen molar-refractivity contribution in [1.29, 1.82) is 0 Å². The molecule has 2 amide bonds. The minimum absolute atomic E-state index is 0.00698. The Labute approximate surface area is 186 Å². The molecule has 1 aliphatic rings. The third kappa shape index (κ3) is 8.30. The van der Waals surface area contributed by atoms with Crippen LogP contribution in [0.5, 0.6) is 5.75 Å². The van der Waals surface area contributed by atoms with Gasteiger partial charge in [-0.3, -0.25) is 25.8 Å². The zero-order valence-electron chi connectivity index (χ0n) is 16.9. The van der Waals surface area contributed by atoms with Crippen molar-refractivity contribution in [1.82, 2.24) is 16.2 Å². The zero-order chi connectivity index (χ0) is 21.1. The molecule has 160 valence electrons. The lowest BCUT2D eigenvalue weighted by Crippen LogP contribution is -2.50. The standard InChI is InChI=1S/C21H30BrN3O3S/c1-2-3-4-8-13-28-18-12-11-16(22)14-17(18)20(27)23-21(29)25-24-19(26)15-9-6-5-7-10-15/h11-12,14-15H,2-10,13H2,1H3,(H,24,26)(H2,23,25,27,29). The van der Waals surface area contributed by atoms with E-state index in [0.29, 0.717) is 17.9 Å². The van der Waals surface area contributed by atoms with Gasteiger partial charge < -0.3 is 4.74 Å².